The second kappa shape index (κ2) is 5.91. The van der Waals surface area contributed by atoms with Gasteiger partial charge in [-0.2, -0.15) is 0 Å². The number of hydrogen-bond donors (Lipinski definition) is 2. The number of nitrogens with zero attached hydrogens (tertiary/aromatic N) is 2. The van der Waals surface area contributed by atoms with Crippen molar-refractivity contribution in [1.29, 1.82) is 0 Å². The van der Waals surface area contributed by atoms with Crippen LogP contribution >= 0.6 is 0 Å². The molecule has 19 heavy (non-hydrogen) atoms. The first-order valence-corrected chi connectivity index (χ1v) is 6.85. The molecular weight excluding hydrogens is 242 g/mol. The van der Waals surface area contributed by atoms with Crippen molar-refractivity contribution in [3.05, 3.63) is 17.8 Å². The fraction of sp³-hybridized carbons (Fsp3) is 0.571. The Hall–Kier alpha value is -1.78. The van der Waals surface area contributed by atoms with Crippen molar-refractivity contribution < 1.29 is 9.90 Å². The number of carbonyl (C=O) groups is 1. The van der Waals surface area contributed by atoms with Crippen LogP contribution in [0, 0.1) is 5.92 Å². The second-order valence-corrected chi connectivity index (χ2v) is 5.14. The average molecular weight is 263 g/mol. The van der Waals surface area contributed by atoms with E-state index in [9.17, 15) is 9.90 Å². The van der Waals surface area contributed by atoms with Crippen LogP contribution in [0.3, 0.4) is 0 Å². The molecule has 0 saturated carbocycles. The molecule has 1 unspecified atom stereocenters. The molecule has 1 saturated heterocycles. The summed E-state index contributed by atoms with van der Waals surface area (Å²) in [7, 11) is 0. The van der Waals surface area contributed by atoms with Gasteiger partial charge in [0.1, 0.15) is 11.4 Å². The molecule has 0 amide bonds. The van der Waals surface area contributed by atoms with Crippen LogP contribution in [-0.4, -0.2) is 29.1 Å². The van der Waals surface area contributed by atoms with Crippen LogP contribution in [0.5, 0.6) is 0 Å². The van der Waals surface area contributed by atoms with Crippen LogP contribution in [0.4, 0.5) is 11.5 Å². The van der Waals surface area contributed by atoms with Crippen molar-refractivity contribution >= 4 is 17.5 Å². The Morgan fingerprint density at radius 3 is 3.00 bits per heavy atom. The Bertz CT molecular complexity index is 462. The molecule has 0 spiro atoms. The molecule has 5 nitrogen and oxygen atoms in total. The smallest absolute Gasteiger partial charge is 0.339 e. The minimum absolute atomic E-state index is 0.204. The van der Waals surface area contributed by atoms with Gasteiger partial charge in [0, 0.05) is 13.1 Å². The van der Waals surface area contributed by atoms with E-state index >= 15 is 0 Å². The van der Waals surface area contributed by atoms with Gasteiger partial charge in [0.05, 0.1) is 11.9 Å². The lowest BCUT2D eigenvalue weighted by Gasteiger charge is -2.23. The lowest BCUT2D eigenvalue weighted by molar-refractivity contribution is 0.0697. The van der Waals surface area contributed by atoms with Crippen LogP contribution in [0.25, 0.3) is 0 Å². The van der Waals surface area contributed by atoms with E-state index in [0.717, 1.165) is 31.8 Å². The highest BCUT2D eigenvalue weighted by Crippen LogP contribution is 2.26. The van der Waals surface area contributed by atoms with Gasteiger partial charge >= 0.3 is 5.97 Å². The van der Waals surface area contributed by atoms with Gasteiger partial charge in [0.2, 0.25) is 0 Å². The standard InChI is InChI=1S/C14H21N3O2/c1-2-10-4-3-6-17(7-5-10)13-12(14(18)19)8-11(15)9-16-13/h8-10H,2-7,15H2,1H3,(H,18,19). The van der Waals surface area contributed by atoms with Gasteiger partial charge in [0.25, 0.3) is 0 Å². The van der Waals surface area contributed by atoms with Gasteiger partial charge in [-0.3, -0.25) is 0 Å². The molecule has 2 heterocycles. The number of carboxylic acids is 1. The van der Waals surface area contributed by atoms with Gasteiger partial charge in [0.15, 0.2) is 0 Å². The van der Waals surface area contributed by atoms with Crippen molar-refractivity contribution in [3.8, 4) is 0 Å². The highest BCUT2D eigenvalue weighted by Gasteiger charge is 2.21. The molecule has 104 valence electrons. The Balaban J connectivity index is 2.23. The molecule has 2 rings (SSSR count). The molecular formula is C14H21N3O2. The first kappa shape index (κ1) is 13.6. The van der Waals surface area contributed by atoms with E-state index in [1.807, 2.05) is 0 Å². The number of anilines is 2. The van der Waals surface area contributed by atoms with Gasteiger partial charge in [-0.25, -0.2) is 9.78 Å². The summed E-state index contributed by atoms with van der Waals surface area (Å²) in [5.74, 6) is 0.330. The van der Waals surface area contributed by atoms with Crippen molar-refractivity contribution in [2.24, 2.45) is 5.92 Å². The highest BCUT2D eigenvalue weighted by molar-refractivity contribution is 5.94. The fourth-order valence-corrected chi connectivity index (χ4v) is 2.67. The minimum atomic E-state index is -0.967. The van der Waals surface area contributed by atoms with E-state index in [2.05, 4.69) is 16.8 Å². The van der Waals surface area contributed by atoms with Crippen molar-refractivity contribution in [3.63, 3.8) is 0 Å². The number of hydrogen-bond acceptors (Lipinski definition) is 4. The second-order valence-electron chi connectivity index (χ2n) is 5.14. The molecule has 5 heteroatoms. The molecule has 0 bridgehead atoms. The lowest BCUT2D eigenvalue weighted by atomic mass is 9.98. The van der Waals surface area contributed by atoms with E-state index in [0.29, 0.717) is 11.5 Å². The lowest BCUT2D eigenvalue weighted by Crippen LogP contribution is -2.27. The Labute approximate surface area is 113 Å². The quantitative estimate of drug-likeness (QED) is 0.875. The topological polar surface area (TPSA) is 79.5 Å². The molecule has 1 aromatic rings. The summed E-state index contributed by atoms with van der Waals surface area (Å²) in [4.78, 5) is 17.6. The summed E-state index contributed by atoms with van der Waals surface area (Å²) in [6.45, 7) is 3.95. The molecule has 3 N–H and O–H groups in total. The number of rotatable bonds is 3. The molecule has 0 aromatic carbocycles. The van der Waals surface area contributed by atoms with Crippen molar-refractivity contribution in [2.75, 3.05) is 23.7 Å². The van der Waals surface area contributed by atoms with Crippen LogP contribution in [0.2, 0.25) is 0 Å². The Morgan fingerprint density at radius 1 is 1.53 bits per heavy atom. The third-order valence-electron chi connectivity index (χ3n) is 3.84. The third-order valence-corrected chi connectivity index (χ3v) is 3.84. The Morgan fingerprint density at radius 2 is 2.32 bits per heavy atom. The molecule has 1 aromatic heterocycles. The van der Waals surface area contributed by atoms with Crippen LogP contribution in [0.15, 0.2) is 12.3 Å². The third kappa shape index (κ3) is 3.16. The zero-order chi connectivity index (χ0) is 13.8. The van der Waals surface area contributed by atoms with Gasteiger partial charge in [-0.1, -0.05) is 13.3 Å². The summed E-state index contributed by atoms with van der Waals surface area (Å²) in [5.41, 5.74) is 6.22. The van der Waals surface area contributed by atoms with Crippen LogP contribution in [-0.2, 0) is 0 Å². The molecule has 1 fully saturated rings. The molecule has 1 aliphatic rings. The first-order chi connectivity index (χ1) is 9.11. The monoisotopic (exact) mass is 263 g/mol. The molecule has 0 aliphatic carbocycles. The summed E-state index contributed by atoms with van der Waals surface area (Å²) in [6.07, 6.45) is 6.12. The van der Waals surface area contributed by atoms with Gasteiger partial charge in [-0.05, 0) is 31.2 Å². The minimum Gasteiger partial charge on any atom is -0.478 e. The predicted octanol–water partition coefficient (Wildman–Crippen LogP) is 2.38. The summed E-state index contributed by atoms with van der Waals surface area (Å²) in [5, 5.41) is 9.27. The summed E-state index contributed by atoms with van der Waals surface area (Å²) >= 11 is 0. The fourth-order valence-electron chi connectivity index (χ4n) is 2.67. The largest absolute Gasteiger partial charge is 0.478 e. The average Bonchev–Trinajstić information content (AvgIpc) is 2.63. The number of aromatic carboxylic acids is 1. The summed E-state index contributed by atoms with van der Waals surface area (Å²) < 4.78 is 0. The first-order valence-electron chi connectivity index (χ1n) is 6.85. The number of carboxylic acid groups (broad SMARTS) is 1. The van der Waals surface area contributed by atoms with E-state index < -0.39 is 5.97 Å². The van der Waals surface area contributed by atoms with Crippen molar-refractivity contribution in [1.82, 2.24) is 4.98 Å². The molecule has 1 atom stereocenters. The van der Waals surface area contributed by atoms with E-state index in [-0.39, 0.29) is 5.56 Å². The highest BCUT2D eigenvalue weighted by atomic mass is 16.4. The maximum Gasteiger partial charge on any atom is 0.339 e. The van der Waals surface area contributed by atoms with Gasteiger partial charge < -0.3 is 15.7 Å². The Kier molecular flexibility index (Phi) is 4.24. The van der Waals surface area contributed by atoms with Crippen molar-refractivity contribution in [2.45, 2.75) is 32.6 Å². The van der Waals surface area contributed by atoms with E-state index in [1.54, 1.807) is 0 Å². The normalized spacial score (nSPS) is 20.1. The maximum absolute atomic E-state index is 11.3. The number of nitrogen functional groups attached to an aromatic ring is 1. The SMILES string of the molecule is CCC1CCCN(c2ncc(N)cc2C(=O)O)CC1. The predicted molar refractivity (Wildman–Crippen MR) is 75.5 cm³/mol. The van der Waals surface area contributed by atoms with Crippen LogP contribution < -0.4 is 10.6 Å². The van der Waals surface area contributed by atoms with Gasteiger partial charge in [-0.15, -0.1) is 0 Å². The maximum atomic E-state index is 11.3. The molecule has 1 aliphatic heterocycles. The summed E-state index contributed by atoms with van der Waals surface area (Å²) in [6, 6.07) is 1.49. The molecule has 0 radical (unpaired) electrons. The number of aromatic nitrogens is 1. The van der Waals surface area contributed by atoms with Crippen LogP contribution in [0.1, 0.15) is 43.0 Å². The number of pyridine rings is 1. The zero-order valence-corrected chi connectivity index (χ0v) is 11.3. The number of nitrogens with two attached hydrogens (primary N) is 1. The van der Waals surface area contributed by atoms with E-state index in [4.69, 9.17) is 5.73 Å². The van der Waals surface area contributed by atoms with E-state index in [1.165, 1.54) is 25.1 Å². The zero-order valence-electron chi connectivity index (χ0n) is 11.3.